The Morgan fingerprint density at radius 1 is 1.05 bits per heavy atom. The van der Waals surface area contributed by atoms with Crippen LogP contribution < -0.4 is 5.73 Å². The van der Waals surface area contributed by atoms with Gasteiger partial charge in [-0.25, -0.2) is 9.97 Å². The van der Waals surface area contributed by atoms with Crippen LogP contribution in [0.25, 0.3) is 21.8 Å². The summed E-state index contributed by atoms with van der Waals surface area (Å²) in [6.07, 6.45) is 0. The highest BCUT2D eigenvalue weighted by molar-refractivity contribution is 7.15. The molecule has 2 N–H and O–H groups in total. The van der Waals surface area contributed by atoms with Gasteiger partial charge in [-0.1, -0.05) is 29.8 Å². The summed E-state index contributed by atoms with van der Waals surface area (Å²) in [5.41, 5.74) is 8.25. The predicted octanol–water partition coefficient (Wildman–Crippen LogP) is 4.42. The Morgan fingerprint density at radius 2 is 1.80 bits per heavy atom. The van der Waals surface area contributed by atoms with Crippen LogP contribution in [0.15, 0.2) is 42.5 Å². The van der Waals surface area contributed by atoms with Gasteiger partial charge in [0.25, 0.3) is 0 Å². The van der Waals surface area contributed by atoms with E-state index in [2.05, 4.69) is 23.0 Å². The second-order valence-corrected chi connectivity index (χ2v) is 6.08. The Hall–Kier alpha value is -1.91. The van der Waals surface area contributed by atoms with Gasteiger partial charge in [-0.3, -0.25) is 0 Å². The van der Waals surface area contributed by atoms with Crippen molar-refractivity contribution in [2.45, 2.75) is 6.92 Å². The van der Waals surface area contributed by atoms with Crippen molar-refractivity contribution < 1.29 is 0 Å². The van der Waals surface area contributed by atoms with Gasteiger partial charge < -0.3 is 5.73 Å². The summed E-state index contributed by atoms with van der Waals surface area (Å²) in [7, 11) is 0. The summed E-state index contributed by atoms with van der Waals surface area (Å²) in [4.78, 5) is 10.9. The Bertz CT molecular complexity index is 767. The van der Waals surface area contributed by atoms with Crippen LogP contribution >= 0.6 is 22.9 Å². The molecule has 0 aliphatic rings. The van der Waals surface area contributed by atoms with Crippen LogP contribution in [0.4, 0.5) is 5.95 Å². The molecule has 3 nitrogen and oxygen atoms in total. The fourth-order valence-electron chi connectivity index (χ4n) is 1.97. The number of hydrogen-bond donors (Lipinski definition) is 1. The number of nitrogen functional groups attached to an aromatic ring is 1. The van der Waals surface area contributed by atoms with Crippen molar-refractivity contribution in [3.8, 4) is 21.8 Å². The molecule has 5 heteroatoms. The Labute approximate surface area is 126 Å². The molecule has 0 unspecified atom stereocenters. The second-order valence-electron chi connectivity index (χ2n) is 4.39. The average Bonchev–Trinajstić information content (AvgIpc) is 2.85. The van der Waals surface area contributed by atoms with E-state index < -0.39 is 0 Å². The third kappa shape index (κ3) is 2.53. The van der Waals surface area contributed by atoms with Crippen LogP contribution in [-0.2, 0) is 0 Å². The summed E-state index contributed by atoms with van der Waals surface area (Å²) in [5, 5.41) is 0.652. The molecule has 0 radical (unpaired) electrons. The molecule has 3 aromatic rings. The highest BCUT2D eigenvalue weighted by atomic mass is 35.5. The molecule has 0 atom stereocenters. The Balaban J connectivity index is 2.14. The van der Waals surface area contributed by atoms with Crippen molar-refractivity contribution in [2.75, 3.05) is 5.73 Å². The molecule has 0 spiro atoms. The molecule has 2 aromatic heterocycles. The smallest absolute Gasteiger partial charge is 0.221 e. The van der Waals surface area contributed by atoms with Crippen molar-refractivity contribution in [2.24, 2.45) is 0 Å². The number of rotatable bonds is 2. The summed E-state index contributed by atoms with van der Waals surface area (Å²) in [5.74, 6) is 0.253. The van der Waals surface area contributed by atoms with Crippen LogP contribution in [-0.4, -0.2) is 9.97 Å². The van der Waals surface area contributed by atoms with E-state index in [0.717, 1.165) is 21.8 Å². The number of aryl methyl sites for hydroxylation is 1. The van der Waals surface area contributed by atoms with Crippen molar-refractivity contribution in [3.63, 3.8) is 0 Å². The molecule has 0 bridgehead atoms. The van der Waals surface area contributed by atoms with Gasteiger partial charge in [-0.15, -0.1) is 11.3 Å². The van der Waals surface area contributed by atoms with E-state index >= 15 is 0 Å². The first kappa shape index (κ1) is 13.1. The first-order valence-corrected chi connectivity index (χ1v) is 7.29. The highest BCUT2D eigenvalue weighted by Gasteiger charge is 2.10. The van der Waals surface area contributed by atoms with Gasteiger partial charge in [0, 0.05) is 15.5 Å². The fourth-order valence-corrected chi connectivity index (χ4v) is 3.03. The zero-order chi connectivity index (χ0) is 14.1. The molecule has 0 amide bonds. The lowest BCUT2D eigenvalue weighted by atomic mass is 10.1. The van der Waals surface area contributed by atoms with E-state index in [1.807, 2.05) is 36.4 Å². The van der Waals surface area contributed by atoms with Crippen LogP contribution in [0, 0.1) is 6.92 Å². The van der Waals surface area contributed by atoms with E-state index in [0.29, 0.717) is 5.02 Å². The third-order valence-corrected chi connectivity index (χ3v) is 4.24. The topological polar surface area (TPSA) is 51.8 Å². The molecule has 0 aliphatic heterocycles. The normalized spacial score (nSPS) is 10.7. The first-order chi connectivity index (χ1) is 9.63. The van der Waals surface area contributed by atoms with Crippen LogP contribution in [0.2, 0.25) is 5.02 Å². The number of nitrogens with two attached hydrogens (primary N) is 1. The molecule has 3 rings (SSSR count). The summed E-state index contributed by atoms with van der Waals surface area (Å²) < 4.78 is 0. The van der Waals surface area contributed by atoms with E-state index in [9.17, 15) is 0 Å². The minimum atomic E-state index is 0.253. The van der Waals surface area contributed by atoms with Crippen LogP contribution in [0.1, 0.15) is 4.88 Å². The molecular weight excluding hydrogens is 290 g/mol. The maximum absolute atomic E-state index is 6.21. The first-order valence-electron chi connectivity index (χ1n) is 6.10. The Morgan fingerprint density at radius 3 is 2.50 bits per heavy atom. The standard InChI is InChI=1S/C15H12ClN3S/c1-9-6-7-14(20-9)13-8-12(18-15(17)19-13)10-4-2-3-5-11(10)16/h2-8H,1H3,(H2,17,18,19). The van der Waals surface area contributed by atoms with Crippen molar-refractivity contribution >= 4 is 28.9 Å². The lowest BCUT2D eigenvalue weighted by Crippen LogP contribution is -1.98. The fraction of sp³-hybridized carbons (Fsp3) is 0.0667. The van der Waals surface area contributed by atoms with E-state index in [1.54, 1.807) is 11.3 Å². The van der Waals surface area contributed by atoms with Gasteiger partial charge in [0.05, 0.1) is 16.3 Å². The zero-order valence-electron chi connectivity index (χ0n) is 10.8. The number of benzene rings is 1. The molecular formula is C15H12ClN3S. The number of halogens is 1. The van der Waals surface area contributed by atoms with E-state index in [4.69, 9.17) is 17.3 Å². The number of anilines is 1. The number of nitrogens with zero attached hydrogens (tertiary/aromatic N) is 2. The molecule has 100 valence electrons. The number of hydrogen-bond acceptors (Lipinski definition) is 4. The largest absolute Gasteiger partial charge is 0.368 e. The van der Waals surface area contributed by atoms with E-state index in [1.165, 1.54) is 4.88 Å². The molecule has 0 fully saturated rings. The number of aromatic nitrogens is 2. The molecule has 1 aromatic carbocycles. The third-order valence-electron chi connectivity index (χ3n) is 2.89. The molecule has 0 saturated heterocycles. The maximum Gasteiger partial charge on any atom is 0.221 e. The van der Waals surface area contributed by atoms with Gasteiger partial charge in [-0.05, 0) is 31.2 Å². The van der Waals surface area contributed by atoms with Gasteiger partial charge in [-0.2, -0.15) is 0 Å². The molecule has 0 saturated carbocycles. The summed E-state index contributed by atoms with van der Waals surface area (Å²) in [6, 6.07) is 13.6. The zero-order valence-corrected chi connectivity index (χ0v) is 12.4. The minimum absolute atomic E-state index is 0.253. The predicted molar refractivity (Wildman–Crippen MR) is 84.9 cm³/mol. The monoisotopic (exact) mass is 301 g/mol. The second kappa shape index (κ2) is 5.23. The minimum Gasteiger partial charge on any atom is -0.368 e. The van der Waals surface area contributed by atoms with Crippen molar-refractivity contribution in [3.05, 3.63) is 52.4 Å². The summed E-state index contributed by atoms with van der Waals surface area (Å²) >= 11 is 7.89. The van der Waals surface area contributed by atoms with Gasteiger partial charge in [0.2, 0.25) is 5.95 Å². The van der Waals surface area contributed by atoms with Crippen LogP contribution in [0.5, 0.6) is 0 Å². The molecule has 0 aliphatic carbocycles. The average molecular weight is 302 g/mol. The van der Waals surface area contributed by atoms with Crippen molar-refractivity contribution in [1.82, 2.24) is 9.97 Å². The van der Waals surface area contributed by atoms with Crippen molar-refractivity contribution in [1.29, 1.82) is 0 Å². The molecule has 2 heterocycles. The van der Waals surface area contributed by atoms with Gasteiger partial charge >= 0.3 is 0 Å². The lowest BCUT2D eigenvalue weighted by Gasteiger charge is -2.06. The molecule has 20 heavy (non-hydrogen) atoms. The van der Waals surface area contributed by atoms with E-state index in [-0.39, 0.29) is 5.95 Å². The van der Waals surface area contributed by atoms with Gasteiger partial charge in [0.1, 0.15) is 0 Å². The highest BCUT2D eigenvalue weighted by Crippen LogP contribution is 2.31. The Kier molecular flexibility index (Phi) is 3.42. The number of thiophene rings is 1. The van der Waals surface area contributed by atoms with Gasteiger partial charge in [0.15, 0.2) is 0 Å². The summed E-state index contributed by atoms with van der Waals surface area (Å²) in [6.45, 7) is 2.06. The SMILES string of the molecule is Cc1ccc(-c2cc(-c3ccccc3Cl)nc(N)n2)s1. The van der Waals surface area contributed by atoms with Crippen LogP contribution in [0.3, 0.4) is 0 Å². The lowest BCUT2D eigenvalue weighted by molar-refractivity contribution is 1.20. The quantitative estimate of drug-likeness (QED) is 0.762. The maximum atomic E-state index is 6.21.